The fourth-order valence-corrected chi connectivity index (χ4v) is 2.25. The summed E-state index contributed by atoms with van der Waals surface area (Å²) in [5.41, 5.74) is 7.13. The zero-order valence-electron chi connectivity index (χ0n) is 10.9. The molecule has 98 valence electrons. The third-order valence-corrected chi connectivity index (χ3v) is 3.68. The van der Waals surface area contributed by atoms with Gasteiger partial charge in [-0.05, 0) is 37.8 Å². The molecule has 0 aliphatic heterocycles. The molecule has 0 heterocycles. The molecular weight excluding hydrogens is 228 g/mol. The van der Waals surface area contributed by atoms with E-state index in [9.17, 15) is 9.90 Å². The van der Waals surface area contributed by atoms with Crippen molar-refractivity contribution in [3.05, 3.63) is 29.8 Å². The SMILES string of the molecule is Cc1ccc(N(C)CC(N)(C(=O)O)C2CC2)cc1. The summed E-state index contributed by atoms with van der Waals surface area (Å²) in [5, 5.41) is 9.33. The van der Waals surface area contributed by atoms with Crippen LogP contribution in [-0.2, 0) is 4.79 Å². The van der Waals surface area contributed by atoms with Crippen LogP contribution in [0, 0.1) is 12.8 Å². The average Bonchev–Trinajstić information content (AvgIpc) is 3.13. The highest BCUT2D eigenvalue weighted by molar-refractivity contribution is 5.80. The number of likely N-dealkylation sites (N-methyl/N-ethyl adjacent to an activating group) is 1. The molecule has 0 amide bonds. The summed E-state index contributed by atoms with van der Waals surface area (Å²) in [6.07, 6.45) is 1.84. The zero-order chi connectivity index (χ0) is 13.3. The summed E-state index contributed by atoms with van der Waals surface area (Å²) >= 11 is 0. The number of carbonyl (C=O) groups is 1. The lowest BCUT2D eigenvalue weighted by Gasteiger charge is -2.31. The smallest absolute Gasteiger partial charge is 0.325 e. The number of hydrogen-bond acceptors (Lipinski definition) is 3. The predicted octanol–water partition coefficient (Wildman–Crippen LogP) is 1.62. The second-order valence-corrected chi connectivity index (χ2v) is 5.31. The number of aliphatic carboxylic acids is 1. The molecule has 4 heteroatoms. The molecule has 1 saturated carbocycles. The summed E-state index contributed by atoms with van der Waals surface area (Å²) in [6, 6.07) is 8.01. The molecule has 1 aromatic carbocycles. The van der Waals surface area contributed by atoms with Crippen LogP contribution in [-0.4, -0.2) is 30.2 Å². The Morgan fingerprint density at radius 1 is 1.44 bits per heavy atom. The number of rotatable bonds is 5. The van der Waals surface area contributed by atoms with E-state index in [0.29, 0.717) is 6.54 Å². The molecule has 0 aromatic heterocycles. The van der Waals surface area contributed by atoms with Gasteiger partial charge < -0.3 is 15.7 Å². The maximum absolute atomic E-state index is 11.4. The van der Waals surface area contributed by atoms with Gasteiger partial charge in [-0.2, -0.15) is 0 Å². The second kappa shape index (κ2) is 4.61. The molecule has 0 saturated heterocycles. The molecule has 1 aliphatic carbocycles. The van der Waals surface area contributed by atoms with E-state index >= 15 is 0 Å². The van der Waals surface area contributed by atoms with Crippen molar-refractivity contribution in [3.63, 3.8) is 0 Å². The minimum atomic E-state index is -1.13. The van der Waals surface area contributed by atoms with Gasteiger partial charge in [0.1, 0.15) is 5.54 Å². The van der Waals surface area contributed by atoms with E-state index in [-0.39, 0.29) is 5.92 Å². The first kappa shape index (κ1) is 12.9. The van der Waals surface area contributed by atoms with Gasteiger partial charge in [-0.15, -0.1) is 0 Å². The minimum Gasteiger partial charge on any atom is -0.480 e. The third-order valence-electron chi connectivity index (χ3n) is 3.68. The van der Waals surface area contributed by atoms with Crippen molar-refractivity contribution in [1.29, 1.82) is 0 Å². The quantitative estimate of drug-likeness (QED) is 0.831. The molecular formula is C14H20N2O2. The van der Waals surface area contributed by atoms with Crippen LogP contribution in [0.2, 0.25) is 0 Å². The highest BCUT2D eigenvalue weighted by Crippen LogP contribution is 2.39. The molecule has 0 bridgehead atoms. The van der Waals surface area contributed by atoms with Gasteiger partial charge in [-0.3, -0.25) is 4.79 Å². The van der Waals surface area contributed by atoms with E-state index < -0.39 is 11.5 Å². The van der Waals surface area contributed by atoms with Crippen molar-refractivity contribution in [1.82, 2.24) is 0 Å². The first-order chi connectivity index (χ1) is 8.43. The van der Waals surface area contributed by atoms with Crippen LogP contribution in [0.15, 0.2) is 24.3 Å². The van der Waals surface area contributed by atoms with Crippen LogP contribution in [0.1, 0.15) is 18.4 Å². The Balaban J connectivity index is 2.12. The van der Waals surface area contributed by atoms with E-state index in [0.717, 1.165) is 18.5 Å². The fourth-order valence-electron chi connectivity index (χ4n) is 2.25. The van der Waals surface area contributed by atoms with Crippen molar-refractivity contribution in [3.8, 4) is 0 Å². The fraction of sp³-hybridized carbons (Fsp3) is 0.500. The Bertz CT molecular complexity index is 440. The molecule has 1 unspecified atom stereocenters. The number of benzene rings is 1. The first-order valence-electron chi connectivity index (χ1n) is 6.23. The Morgan fingerprint density at radius 3 is 2.44 bits per heavy atom. The van der Waals surface area contributed by atoms with Crippen molar-refractivity contribution in [2.24, 2.45) is 11.7 Å². The number of aryl methyl sites for hydroxylation is 1. The largest absolute Gasteiger partial charge is 0.480 e. The molecule has 1 fully saturated rings. The standard InChI is InChI=1S/C14H20N2O2/c1-10-3-7-12(8-4-10)16(2)9-14(15,13(17)18)11-5-6-11/h3-4,7-8,11H,5-6,9,15H2,1-2H3,(H,17,18). The Kier molecular flexibility index (Phi) is 3.30. The van der Waals surface area contributed by atoms with E-state index in [1.165, 1.54) is 5.56 Å². The van der Waals surface area contributed by atoms with Crippen molar-refractivity contribution in [2.45, 2.75) is 25.3 Å². The van der Waals surface area contributed by atoms with Crippen LogP contribution in [0.3, 0.4) is 0 Å². The second-order valence-electron chi connectivity index (χ2n) is 5.31. The lowest BCUT2D eigenvalue weighted by molar-refractivity contribution is -0.143. The monoisotopic (exact) mass is 248 g/mol. The van der Waals surface area contributed by atoms with E-state index in [1.807, 2.05) is 43.1 Å². The molecule has 2 rings (SSSR count). The maximum Gasteiger partial charge on any atom is 0.325 e. The number of anilines is 1. The highest BCUT2D eigenvalue weighted by Gasteiger charge is 2.48. The molecule has 4 nitrogen and oxygen atoms in total. The van der Waals surface area contributed by atoms with Crippen molar-refractivity contribution < 1.29 is 9.90 Å². The summed E-state index contributed by atoms with van der Waals surface area (Å²) in [7, 11) is 1.89. The summed E-state index contributed by atoms with van der Waals surface area (Å²) < 4.78 is 0. The van der Waals surface area contributed by atoms with E-state index in [4.69, 9.17) is 5.73 Å². The topological polar surface area (TPSA) is 66.6 Å². The predicted molar refractivity (Wildman–Crippen MR) is 71.7 cm³/mol. The van der Waals surface area contributed by atoms with Crippen LogP contribution in [0.25, 0.3) is 0 Å². The lowest BCUT2D eigenvalue weighted by Crippen LogP contribution is -2.57. The van der Waals surface area contributed by atoms with Crippen LogP contribution in [0.5, 0.6) is 0 Å². The van der Waals surface area contributed by atoms with Gasteiger partial charge in [0.05, 0.1) is 0 Å². The molecule has 1 atom stereocenters. The number of nitrogens with zero attached hydrogens (tertiary/aromatic N) is 1. The van der Waals surface area contributed by atoms with Gasteiger partial charge in [0, 0.05) is 19.3 Å². The molecule has 1 aromatic rings. The van der Waals surface area contributed by atoms with Crippen molar-refractivity contribution in [2.75, 3.05) is 18.5 Å². The molecule has 3 N–H and O–H groups in total. The summed E-state index contributed by atoms with van der Waals surface area (Å²) in [4.78, 5) is 13.3. The van der Waals surface area contributed by atoms with Crippen LogP contribution < -0.4 is 10.6 Å². The Labute approximate surface area is 107 Å². The molecule has 1 aliphatic rings. The first-order valence-corrected chi connectivity index (χ1v) is 6.23. The highest BCUT2D eigenvalue weighted by atomic mass is 16.4. The molecule has 0 spiro atoms. The minimum absolute atomic E-state index is 0.114. The van der Waals surface area contributed by atoms with Crippen molar-refractivity contribution >= 4 is 11.7 Å². The Hall–Kier alpha value is -1.55. The van der Waals surface area contributed by atoms with Gasteiger partial charge in [-0.1, -0.05) is 17.7 Å². The Morgan fingerprint density at radius 2 is 2.00 bits per heavy atom. The lowest BCUT2D eigenvalue weighted by atomic mass is 9.94. The van der Waals surface area contributed by atoms with Gasteiger partial charge in [-0.25, -0.2) is 0 Å². The number of carboxylic acids is 1. The average molecular weight is 248 g/mol. The summed E-state index contributed by atoms with van der Waals surface area (Å²) in [5.74, 6) is -0.785. The number of hydrogen-bond donors (Lipinski definition) is 2. The third kappa shape index (κ3) is 2.48. The van der Waals surface area contributed by atoms with Gasteiger partial charge in [0.15, 0.2) is 0 Å². The number of nitrogens with two attached hydrogens (primary N) is 1. The van der Waals surface area contributed by atoms with Gasteiger partial charge >= 0.3 is 5.97 Å². The number of carboxylic acid groups (broad SMARTS) is 1. The van der Waals surface area contributed by atoms with Gasteiger partial charge in [0.25, 0.3) is 0 Å². The van der Waals surface area contributed by atoms with E-state index in [1.54, 1.807) is 0 Å². The normalized spacial score (nSPS) is 18.2. The van der Waals surface area contributed by atoms with Crippen LogP contribution >= 0.6 is 0 Å². The van der Waals surface area contributed by atoms with Gasteiger partial charge in [0.2, 0.25) is 0 Å². The van der Waals surface area contributed by atoms with E-state index in [2.05, 4.69) is 0 Å². The summed E-state index contributed by atoms with van der Waals surface area (Å²) in [6.45, 7) is 2.37. The van der Waals surface area contributed by atoms with Crippen LogP contribution in [0.4, 0.5) is 5.69 Å². The maximum atomic E-state index is 11.4. The molecule has 0 radical (unpaired) electrons. The zero-order valence-corrected chi connectivity index (χ0v) is 10.9. The molecule has 18 heavy (non-hydrogen) atoms.